The van der Waals surface area contributed by atoms with E-state index >= 15 is 0 Å². The highest BCUT2D eigenvalue weighted by atomic mass is 15.1. The van der Waals surface area contributed by atoms with Crippen LogP contribution in [-0.2, 0) is 6.54 Å². The molecule has 108 valence electrons. The van der Waals surface area contributed by atoms with E-state index in [-0.39, 0.29) is 0 Å². The van der Waals surface area contributed by atoms with Crippen molar-refractivity contribution in [2.45, 2.75) is 26.4 Å². The van der Waals surface area contributed by atoms with Crippen LogP contribution in [0.15, 0.2) is 30.5 Å². The van der Waals surface area contributed by atoms with Crippen LogP contribution >= 0.6 is 0 Å². The molecule has 2 aromatic rings. The summed E-state index contributed by atoms with van der Waals surface area (Å²) in [6.07, 6.45) is 1.89. The van der Waals surface area contributed by atoms with Crippen LogP contribution in [0.3, 0.4) is 0 Å². The number of H-pyrrole nitrogens is 1. The highest BCUT2D eigenvalue weighted by Crippen LogP contribution is 2.18. The summed E-state index contributed by atoms with van der Waals surface area (Å²) in [4.78, 5) is 2.25. The van der Waals surface area contributed by atoms with Gasteiger partial charge in [0.15, 0.2) is 0 Å². The van der Waals surface area contributed by atoms with Gasteiger partial charge in [-0.05, 0) is 33.5 Å². The molecular weight excluding hydrogens is 248 g/mol. The Morgan fingerprint density at radius 3 is 2.45 bits per heavy atom. The lowest BCUT2D eigenvalue weighted by Crippen LogP contribution is -2.30. The summed E-state index contributed by atoms with van der Waals surface area (Å²) in [6.45, 7) is 5.93. The van der Waals surface area contributed by atoms with Crippen molar-refractivity contribution in [2.75, 3.05) is 20.6 Å². The number of aromatic amines is 1. The molecule has 2 rings (SSSR count). The maximum absolute atomic E-state index is 4.05. The lowest BCUT2D eigenvalue weighted by atomic mass is 10.0. The van der Waals surface area contributed by atoms with E-state index in [0.29, 0.717) is 6.04 Å². The first-order chi connectivity index (χ1) is 9.58. The molecule has 0 aliphatic rings. The highest BCUT2D eigenvalue weighted by molar-refractivity contribution is 5.24. The lowest BCUT2D eigenvalue weighted by Gasteiger charge is -2.25. The molecule has 0 fully saturated rings. The van der Waals surface area contributed by atoms with Crippen LogP contribution in [0, 0.1) is 13.8 Å². The van der Waals surface area contributed by atoms with E-state index in [1.54, 1.807) is 0 Å². The van der Waals surface area contributed by atoms with Crippen LogP contribution in [0.5, 0.6) is 0 Å². The minimum absolute atomic E-state index is 0.378. The lowest BCUT2D eigenvalue weighted by molar-refractivity contribution is 0.288. The summed E-state index contributed by atoms with van der Waals surface area (Å²) in [5.74, 6) is 0. The predicted molar refractivity (Wildman–Crippen MR) is 82.6 cm³/mol. The first-order valence-corrected chi connectivity index (χ1v) is 7.00. The number of nitrogens with one attached hydrogen (secondary N) is 2. The summed E-state index contributed by atoms with van der Waals surface area (Å²) >= 11 is 0. The fourth-order valence-electron chi connectivity index (χ4n) is 2.28. The molecule has 0 spiro atoms. The molecule has 0 aliphatic heterocycles. The van der Waals surface area contributed by atoms with E-state index in [1.165, 1.54) is 16.7 Å². The molecule has 0 aliphatic carbocycles. The standard InChI is InChI=1S/C16H24N4/c1-12-5-7-14(8-6-12)16(20(3)4)11-17-9-15-10-18-19-13(15)2/h5-8,10,16-17H,9,11H2,1-4H3,(H,18,19)/t16-/m1/s1. The summed E-state index contributed by atoms with van der Waals surface area (Å²) in [5, 5.41) is 10.5. The van der Waals surface area contributed by atoms with E-state index in [9.17, 15) is 0 Å². The number of hydrogen-bond donors (Lipinski definition) is 2. The average Bonchev–Trinajstić information content (AvgIpc) is 2.81. The number of rotatable bonds is 6. The normalized spacial score (nSPS) is 12.8. The van der Waals surface area contributed by atoms with E-state index < -0.39 is 0 Å². The minimum Gasteiger partial charge on any atom is -0.311 e. The van der Waals surface area contributed by atoms with E-state index in [2.05, 4.69) is 65.7 Å². The van der Waals surface area contributed by atoms with Gasteiger partial charge in [0, 0.05) is 30.4 Å². The Bertz CT molecular complexity index is 528. The SMILES string of the molecule is Cc1ccc([C@@H](CNCc2cn[nH]c2C)N(C)C)cc1. The predicted octanol–water partition coefficient (Wildman–Crippen LogP) is 2.42. The first-order valence-electron chi connectivity index (χ1n) is 7.00. The molecule has 1 atom stereocenters. The second-order valence-corrected chi connectivity index (χ2v) is 5.54. The third-order valence-electron chi connectivity index (χ3n) is 3.67. The van der Waals surface area contributed by atoms with Crippen molar-refractivity contribution in [1.29, 1.82) is 0 Å². The number of benzene rings is 1. The number of hydrogen-bond acceptors (Lipinski definition) is 3. The van der Waals surface area contributed by atoms with Gasteiger partial charge in [0.25, 0.3) is 0 Å². The molecule has 0 saturated heterocycles. The Hall–Kier alpha value is -1.65. The Morgan fingerprint density at radius 1 is 1.20 bits per heavy atom. The zero-order chi connectivity index (χ0) is 14.5. The van der Waals surface area contributed by atoms with Gasteiger partial charge in [-0.25, -0.2) is 0 Å². The number of aromatic nitrogens is 2. The molecule has 0 amide bonds. The van der Waals surface area contributed by atoms with Crippen molar-refractivity contribution in [3.05, 3.63) is 52.8 Å². The maximum atomic E-state index is 4.05. The monoisotopic (exact) mass is 272 g/mol. The Labute approximate surface area is 121 Å². The van der Waals surface area contributed by atoms with Crippen LogP contribution in [0.2, 0.25) is 0 Å². The second kappa shape index (κ2) is 6.68. The molecule has 4 nitrogen and oxygen atoms in total. The highest BCUT2D eigenvalue weighted by Gasteiger charge is 2.13. The summed E-state index contributed by atoms with van der Waals surface area (Å²) in [7, 11) is 4.24. The average molecular weight is 272 g/mol. The van der Waals surface area contributed by atoms with Gasteiger partial charge in [-0.1, -0.05) is 29.8 Å². The van der Waals surface area contributed by atoms with Crippen LogP contribution in [0.25, 0.3) is 0 Å². The van der Waals surface area contributed by atoms with Crippen molar-refractivity contribution in [3.63, 3.8) is 0 Å². The van der Waals surface area contributed by atoms with Gasteiger partial charge in [-0.3, -0.25) is 5.10 Å². The van der Waals surface area contributed by atoms with Crippen molar-refractivity contribution >= 4 is 0 Å². The molecule has 0 unspecified atom stereocenters. The van der Waals surface area contributed by atoms with E-state index in [1.807, 2.05) is 13.1 Å². The smallest absolute Gasteiger partial charge is 0.0535 e. The fraction of sp³-hybridized carbons (Fsp3) is 0.438. The van der Waals surface area contributed by atoms with Crippen molar-refractivity contribution in [1.82, 2.24) is 20.4 Å². The quantitative estimate of drug-likeness (QED) is 0.849. The van der Waals surface area contributed by atoms with E-state index in [4.69, 9.17) is 0 Å². The van der Waals surface area contributed by atoms with Crippen molar-refractivity contribution in [3.8, 4) is 0 Å². The van der Waals surface area contributed by atoms with Crippen molar-refractivity contribution < 1.29 is 0 Å². The molecular formula is C16H24N4. The Kier molecular flexibility index (Phi) is 4.93. The number of likely N-dealkylation sites (N-methyl/N-ethyl adjacent to an activating group) is 1. The third kappa shape index (κ3) is 3.68. The Balaban J connectivity index is 1.96. The number of nitrogens with zero attached hydrogens (tertiary/aromatic N) is 2. The largest absolute Gasteiger partial charge is 0.311 e. The molecule has 0 saturated carbocycles. The third-order valence-corrected chi connectivity index (χ3v) is 3.67. The number of aryl methyl sites for hydroxylation is 2. The van der Waals surface area contributed by atoms with Gasteiger partial charge in [0.05, 0.1) is 6.20 Å². The second-order valence-electron chi connectivity index (χ2n) is 5.54. The molecule has 0 bridgehead atoms. The Morgan fingerprint density at radius 2 is 1.90 bits per heavy atom. The zero-order valence-electron chi connectivity index (χ0n) is 12.8. The molecule has 20 heavy (non-hydrogen) atoms. The topological polar surface area (TPSA) is 44.0 Å². The molecule has 4 heteroatoms. The van der Waals surface area contributed by atoms with Gasteiger partial charge in [0.2, 0.25) is 0 Å². The van der Waals surface area contributed by atoms with Gasteiger partial charge in [0.1, 0.15) is 0 Å². The summed E-state index contributed by atoms with van der Waals surface area (Å²) in [6, 6.07) is 9.15. The molecule has 1 aromatic carbocycles. The molecule has 1 aromatic heterocycles. The van der Waals surface area contributed by atoms with E-state index in [0.717, 1.165) is 18.8 Å². The van der Waals surface area contributed by atoms with Gasteiger partial charge < -0.3 is 10.2 Å². The summed E-state index contributed by atoms with van der Waals surface area (Å²) in [5.41, 5.74) is 5.01. The van der Waals surface area contributed by atoms with Crippen LogP contribution in [0.4, 0.5) is 0 Å². The molecule has 1 heterocycles. The minimum atomic E-state index is 0.378. The van der Waals surface area contributed by atoms with Gasteiger partial charge >= 0.3 is 0 Å². The molecule has 0 radical (unpaired) electrons. The van der Waals surface area contributed by atoms with Crippen LogP contribution < -0.4 is 5.32 Å². The fourth-order valence-corrected chi connectivity index (χ4v) is 2.28. The maximum Gasteiger partial charge on any atom is 0.0535 e. The van der Waals surface area contributed by atoms with Crippen LogP contribution in [-0.4, -0.2) is 35.7 Å². The summed E-state index contributed by atoms with van der Waals surface area (Å²) < 4.78 is 0. The molecule has 2 N–H and O–H groups in total. The van der Waals surface area contributed by atoms with Gasteiger partial charge in [-0.15, -0.1) is 0 Å². The van der Waals surface area contributed by atoms with Crippen molar-refractivity contribution in [2.24, 2.45) is 0 Å². The van der Waals surface area contributed by atoms with Crippen LogP contribution in [0.1, 0.15) is 28.4 Å². The van der Waals surface area contributed by atoms with Gasteiger partial charge in [-0.2, -0.15) is 5.10 Å². The zero-order valence-corrected chi connectivity index (χ0v) is 12.8. The first kappa shape index (κ1) is 14.8.